The average Bonchev–Trinajstić information content (AvgIpc) is 3.59. The Labute approximate surface area is 234 Å². The van der Waals surface area contributed by atoms with Crippen molar-refractivity contribution in [3.63, 3.8) is 0 Å². The van der Waals surface area contributed by atoms with Gasteiger partial charge >= 0.3 is 0 Å². The van der Waals surface area contributed by atoms with E-state index in [1.54, 1.807) is 0 Å². The van der Waals surface area contributed by atoms with E-state index in [2.05, 4.69) is 65.2 Å². The molecule has 0 aliphatic carbocycles. The quantitative estimate of drug-likeness (QED) is 0.288. The summed E-state index contributed by atoms with van der Waals surface area (Å²) in [5.41, 5.74) is 4.25. The smallest absolute Gasteiger partial charge is 0.253 e. The molecule has 4 aromatic rings. The Morgan fingerprint density at radius 2 is 1.97 bits per heavy atom. The first-order valence-electron chi connectivity index (χ1n) is 13.7. The second kappa shape index (κ2) is 11.2. The zero-order valence-corrected chi connectivity index (χ0v) is 24.1. The number of benzene rings is 2. The first-order valence-corrected chi connectivity index (χ1v) is 14.1. The van der Waals surface area contributed by atoms with Gasteiger partial charge in [-0.2, -0.15) is 0 Å². The lowest BCUT2D eigenvalue weighted by molar-refractivity contribution is 0.0562. The van der Waals surface area contributed by atoms with Crippen molar-refractivity contribution < 1.29 is 4.74 Å². The zero-order valence-electron chi connectivity index (χ0n) is 23.4. The van der Waals surface area contributed by atoms with E-state index >= 15 is 0 Å². The summed E-state index contributed by atoms with van der Waals surface area (Å²) in [5, 5.41) is 14.8. The van der Waals surface area contributed by atoms with Crippen LogP contribution in [0.5, 0.6) is 0 Å². The topological polar surface area (TPSA) is 88.9 Å². The number of aromatic amines is 1. The lowest BCUT2D eigenvalue weighted by Crippen LogP contribution is -2.41. The Bertz CT molecular complexity index is 1500. The lowest BCUT2D eigenvalue weighted by atomic mass is 9.97. The van der Waals surface area contributed by atoms with Crippen molar-refractivity contribution in [2.45, 2.75) is 78.1 Å². The summed E-state index contributed by atoms with van der Waals surface area (Å²) in [7, 11) is 0. The van der Waals surface area contributed by atoms with Gasteiger partial charge < -0.3 is 9.72 Å². The lowest BCUT2D eigenvalue weighted by Gasteiger charge is -2.34. The molecule has 1 fully saturated rings. The van der Waals surface area contributed by atoms with Crippen molar-refractivity contribution in [2.24, 2.45) is 0 Å². The van der Waals surface area contributed by atoms with Gasteiger partial charge in [-0.05, 0) is 98.2 Å². The fraction of sp³-hybridized carbons (Fsp3) is 0.467. The van der Waals surface area contributed by atoms with Crippen LogP contribution in [0.3, 0.4) is 0 Å². The van der Waals surface area contributed by atoms with Gasteiger partial charge in [-0.15, -0.1) is 5.10 Å². The molecule has 0 amide bonds. The minimum atomic E-state index is -0.500. The van der Waals surface area contributed by atoms with Gasteiger partial charge in [0.15, 0.2) is 5.82 Å². The molecule has 9 heteroatoms. The SMILES string of the molecule is CCC(C)(C)n1nnnc1[C@H](c1cc2cc(C)cc(C)c2[nH]c1=O)N(Cc1ccc(Cl)cc1)C[C@H]1CCCO1. The molecule has 206 valence electrons. The molecule has 0 spiro atoms. The van der Waals surface area contributed by atoms with E-state index in [9.17, 15) is 4.79 Å². The Morgan fingerprint density at radius 1 is 1.21 bits per heavy atom. The van der Waals surface area contributed by atoms with E-state index in [1.165, 1.54) is 0 Å². The number of halogens is 1. The van der Waals surface area contributed by atoms with Gasteiger partial charge in [0.05, 0.1) is 17.2 Å². The van der Waals surface area contributed by atoms with E-state index < -0.39 is 6.04 Å². The number of tetrazole rings is 1. The molecule has 2 atom stereocenters. The van der Waals surface area contributed by atoms with Crippen LogP contribution in [0, 0.1) is 13.8 Å². The van der Waals surface area contributed by atoms with Crippen molar-refractivity contribution >= 4 is 22.5 Å². The molecule has 1 aliphatic rings. The molecule has 1 N–H and O–H groups in total. The van der Waals surface area contributed by atoms with Crippen molar-refractivity contribution in [2.75, 3.05) is 13.2 Å². The number of fused-ring (bicyclic) bond motifs is 1. The molecule has 0 bridgehead atoms. The van der Waals surface area contributed by atoms with Crippen LogP contribution in [0.25, 0.3) is 10.9 Å². The predicted octanol–water partition coefficient (Wildman–Crippen LogP) is 5.70. The number of nitrogens with one attached hydrogen (secondary N) is 1. The first kappa shape index (κ1) is 27.5. The summed E-state index contributed by atoms with van der Waals surface area (Å²) in [6, 6.07) is 13.6. The molecule has 3 heterocycles. The minimum absolute atomic E-state index is 0.0624. The van der Waals surface area contributed by atoms with Crippen LogP contribution in [0.4, 0.5) is 0 Å². The molecule has 0 unspecified atom stereocenters. The molecule has 8 nitrogen and oxygen atoms in total. The molecular weight excluding hydrogens is 512 g/mol. The molecule has 1 aliphatic heterocycles. The second-order valence-corrected chi connectivity index (χ2v) is 11.7. The van der Waals surface area contributed by atoms with Gasteiger partial charge in [0.1, 0.15) is 6.04 Å². The molecule has 39 heavy (non-hydrogen) atoms. The first-order chi connectivity index (χ1) is 18.7. The third-order valence-corrected chi connectivity index (χ3v) is 8.17. The maximum absolute atomic E-state index is 13.9. The van der Waals surface area contributed by atoms with E-state index in [-0.39, 0.29) is 17.2 Å². The maximum atomic E-state index is 13.9. The highest BCUT2D eigenvalue weighted by molar-refractivity contribution is 6.30. The van der Waals surface area contributed by atoms with Crippen LogP contribution in [0.15, 0.2) is 47.3 Å². The van der Waals surface area contributed by atoms with Gasteiger partial charge in [-0.25, -0.2) is 4.68 Å². The summed E-state index contributed by atoms with van der Waals surface area (Å²) in [5.74, 6) is 0.642. The normalized spacial score (nSPS) is 16.8. The summed E-state index contributed by atoms with van der Waals surface area (Å²) in [4.78, 5) is 19.3. The van der Waals surface area contributed by atoms with E-state index in [0.717, 1.165) is 53.5 Å². The number of hydrogen-bond acceptors (Lipinski definition) is 6. The molecule has 1 saturated heterocycles. The van der Waals surface area contributed by atoms with Crippen LogP contribution in [0.1, 0.15) is 74.2 Å². The molecule has 2 aromatic heterocycles. The summed E-state index contributed by atoms with van der Waals surface area (Å²) >= 11 is 6.21. The van der Waals surface area contributed by atoms with Crippen molar-refractivity contribution in [1.82, 2.24) is 30.1 Å². The average molecular weight is 549 g/mol. The van der Waals surface area contributed by atoms with Crippen molar-refractivity contribution in [3.05, 3.63) is 85.9 Å². The highest BCUT2D eigenvalue weighted by atomic mass is 35.5. The van der Waals surface area contributed by atoms with Gasteiger partial charge in [0.2, 0.25) is 0 Å². The van der Waals surface area contributed by atoms with Gasteiger partial charge in [-0.1, -0.05) is 42.3 Å². The minimum Gasteiger partial charge on any atom is -0.377 e. The number of H-pyrrole nitrogens is 1. The van der Waals surface area contributed by atoms with Gasteiger partial charge in [0.25, 0.3) is 5.56 Å². The number of pyridine rings is 1. The maximum Gasteiger partial charge on any atom is 0.253 e. The Balaban J connectivity index is 1.72. The van der Waals surface area contributed by atoms with Gasteiger partial charge in [-0.3, -0.25) is 9.69 Å². The number of nitrogens with zero attached hydrogens (tertiary/aromatic N) is 5. The molecule has 0 radical (unpaired) electrons. The third kappa shape index (κ3) is 5.78. The highest BCUT2D eigenvalue weighted by Gasteiger charge is 2.36. The number of rotatable bonds is 9. The largest absolute Gasteiger partial charge is 0.377 e. The van der Waals surface area contributed by atoms with Crippen molar-refractivity contribution in [1.29, 1.82) is 0 Å². The van der Waals surface area contributed by atoms with Crippen LogP contribution in [-0.4, -0.2) is 49.3 Å². The molecule has 2 aromatic carbocycles. The zero-order chi connectivity index (χ0) is 27.7. The van der Waals surface area contributed by atoms with E-state index in [0.29, 0.717) is 29.5 Å². The number of aromatic nitrogens is 5. The van der Waals surface area contributed by atoms with E-state index in [1.807, 2.05) is 41.9 Å². The summed E-state index contributed by atoms with van der Waals surface area (Å²) in [6.07, 6.45) is 2.89. The third-order valence-electron chi connectivity index (χ3n) is 7.92. The Hall–Kier alpha value is -3.07. The molecule has 5 rings (SSSR count). The second-order valence-electron chi connectivity index (χ2n) is 11.3. The van der Waals surface area contributed by atoms with Crippen LogP contribution in [-0.2, 0) is 16.8 Å². The fourth-order valence-electron chi connectivity index (χ4n) is 5.49. The Morgan fingerprint density at radius 3 is 2.67 bits per heavy atom. The number of aryl methyl sites for hydroxylation is 2. The van der Waals surface area contributed by atoms with E-state index in [4.69, 9.17) is 16.3 Å². The predicted molar refractivity (Wildman–Crippen MR) is 154 cm³/mol. The molecular formula is C30H37ClN6O2. The van der Waals surface area contributed by atoms with Crippen LogP contribution >= 0.6 is 11.6 Å². The Kier molecular flexibility index (Phi) is 7.89. The summed E-state index contributed by atoms with van der Waals surface area (Å²) < 4.78 is 7.97. The van der Waals surface area contributed by atoms with Gasteiger partial charge in [0, 0.05) is 30.3 Å². The number of hydrogen-bond donors (Lipinski definition) is 1. The van der Waals surface area contributed by atoms with Crippen LogP contribution in [0.2, 0.25) is 5.02 Å². The summed E-state index contributed by atoms with van der Waals surface area (Å²) in [6.45, 7) is 12.4. The van der Waals surface area contributed by atoms with Crippen molar-refractivity contribution in [3.8, 4) is 0 Å². The highest BCUT2D eigenvalue weighted by Crippen LogP contribution is 2.33. The fourth-order valence-corrected chi connectivity index (χ4v) is 5.61. The molecule has 0 saturated carbocycles. The number of ether oxygens (including phenoxy) is 1. The standard InChI is InChI=1S/C30H37ClN6O2/c1-6-30(4,5)37-28(33-34-35-37)27(25-16-22-15-19(2)14-20(3)26(22)32-29(25)38)36(18-24-8-7-13-39-24)17-21-9-11-23(31)12-10-21/h9-12,14-16,24,27H,6-8,13,17-18H2,1-5H3,(H,32,38)/t24-,27+/m1/s1. The van der Waals surface area contributed by atoms with Crippen LogP contribution < -0.4 is 5.56 Å². The monoisotopic (exact) mass is 548 g/mol.